The van der Waals surface area contributed by atoms with Crippen molar-refractivity contribution in [2.24, 2.45) is 0 Å². The van der Waals surface area contributed by atoms with Crippen LogP contribution in [0.25, 0.3) is 0 Å². The predicted octanol–water partition coefficient (Wildman–Crippen LogP) is 4.29. The molecule has 7 heteroatoms. The number of hydrogen-bond donors (Lipinski definition) is 0. The Balaban J connectivity index is 1.96. The van der Waals surface area contributed by atoms with Crippen LogP contribution in [-0.2, 0) is 10.0 Å². The van der Waals surface area contributed by atoms with Crippen LogP contribution in [0.5, 0.6) is 0 Å². The van der Waals surface area contributed by atoms with E-state index >= 15 is 0 Å². The van der Waals surface area contributed by atoms with Gasteiger partial charge in [-0.1, -0.05) is 18.2 Å². The Hall–Kier alpha value is -1.70. The largest absolute Gasteiger partial charge is 0.332 e. The fourth-order valence-electron chi connectivity index (χ4n) is 3.52. The molecule has 1 aliphatic heterocycles. The molecule has 1 heterocycles. The molecular formula is C21H25BrN2O3S. The summed E-state index contributed by atoms with van der Waals surface area (Å²) in [5.41, 5.74) is 3.96. The van der Waals surface area contributed by atoms with Gasteiger partial charge in [-0.05, 0) is 77.5 Å². The van der Waals surface area contributed by atoms with Gasteiger partial charge in [-0.3, -0.25) is 4.79 Å². The second kappa shape index (κ2) is 7.97. The molecule has 0 saturated carbocycles. The van der Waals surface area contributed by atoms with Gasteiger partial charge in [0.1, 0.15) is 0 Å². The second-order valence-electron chi connectivity index (χ2n) is 7.43. The molecule has 0 bridgehead atoms. The number of nitrogens with zero attached hydrogens (tertiary/aromatic N) is 2. The highest BCUT2D eigenvalue weighted by Crippen LogP contribution is 2.35. The lowest BCUT2D eigenvalue weighted by molar-refractivity contribution is 0.0735. The smallest absolute Gasteiger partial charge is 0.254 e. The molecular weight excluding hydrogens is 440 g/mol. The van der Waals surface area contributed by atoms with E-state index in [0.717, 1.165) is 22.7 Å². The van der Waals surface area contributed by atoms with E-state index in [1.54, 1.807) is 12.1 Å². The molecule has 0 aliphatic carbocycles. The summed E-state index contributed by atoms with van der Waals surface area (Å²) in [4.78, 5) is 15.2. The number of likely N-dealkylation sites (tertiary alicyclic amines) is 1. The summed E-state index contributed by atoms with van der Waals surface area (Å²) in [5.74, 6) is -0.136. The van der Waals surface area contributed by atoms with Crippen molar-refractivity contribution < 1.29 is 13.2 Å². The molecule has 1 unspecified atom stereocenters. The van der Waals surface area contributed by atoms with E-state index in [9.17, 15) is 13.2 Å². The van der Waals surface area contributed by atoms with Gasteiger partial charge < -0.3 is 4.90 Å². The Morgan fingerprint density at radius 1 is 1.11 bits per heavy atom. The van der Waals surface area contributed by atoms with Crippen LogP contribution in [0.15, 0.2) is 45.8 Å². The van der Waals surface area contributed by atoms with Crippen molar-refractivity contribution in [1.82, 2.24) is 9.21 Å². The minimum absolute atomic E-state index is 0.0179. The van der Waals surface area contributed by atoms with Crippen molar-refractivity contribution in [2.45, 2.75) is 37.6 Å². The number of amides is 1. The van der Waals surface area contributed by atoms with E-state index in [0.29, 0.717) is 16.6 Å². The summed E-state index contributed by atoms with van der Waals surface area (Å²) in [6.45, 7) is 4.82. The monoisotopic (exact) mass is 464 g/mol. The van der Waals surface area contributed by atoms with Gasteiger partial charge in [-0.25, -0.2) is 12.7 Å². The fraction of sp³-hybridized carbons (Fsp3) is 0.381. The maximum Gasteiger partial charge on any atom is 0.254 e. The number of carbonyl (C=O) groups is 1. The van der Waals surface area contributed by atoms with Crippen LogP contribution in [0.3, 0.4) is 0 Å². The van der Waals surface area contributed by atoms with E-state index in [-0.39, 0.29) is 16.8 Å². The summed E-state index contributed by atoms with van der Waals surface area (Å²) in [6.07, 6.45) is 1.84. The Morgan fingerprint density at radius 3 is 2.46 bits per heavy atom. The number of sulfonamides is 1. The van der Waals surface area contributed by atoms with Gasteiger partial charge >= 0.3 is 0 Å². The van der Waals surface area contributed by atoms with Crippen molar-refractivity contribution in [3.8, 4) is 0 Å². The lowest BCUT2D eigenvalue weighted by Gasteiger charge is -2.26. The van der Waals surface area contributed by atoms with Crippen LogP contribution >= 0.6 is 15.9 Å². The molecule has 3 rings (SSSR count). The molecule has 150 valence electrons. The average molecular weight is 465 g/mol. The van der Waals surface area contributed by atoms with E-state index in [2.05, 4.69) is 48.0 Å². The molecule has 0 spiro atoms. The van der Waals surface area contributed by atoms with E-state index in [1.807, 2.05) is 4.90 Å². The third-order valence-electron chi connectivity index (χ3n) is 5.37. The highest BCUT2D eigenvalue weighted by Gasteiger charge is 2.32. The van der Waals surface area contributed by atoms with Crippen LogP contribution < -0.4 is 0 Å². The number of hydrogen-bond acceptors (Lipinski definition) is 3. The SMILES string of the molecule is Cc1ccc(C2CCCN2C(=O)c2ccc(Br)c(S(=O)(=O)N(C)C)c2)cc1C. The minimum atomic E-state index is -3.65. The highest BCUT2D eigenvalue weighted by molar-refractivity contribution is 9.10. The van der Waals surface area contributed by atoms with Crippen molar-refractivity contribution in [2.75, 3.05) is 20.6 Å². The fourth-order valence-corrected chi connectivity index (χ4v) is 5.37. The minimum Gasteiger partial charge on any atom is -0.332 e. The zero-order valence-electron chi connectivity index (χ0n) is 16.6. The summed E-state index contributed by atoms with van der Waals surface area (Å²) in [5, 5.41) is 0. The number of aryl methyl sites for hydroxylation is 2. The molecule has 5 nitrogen and oxygen atoms in total. The number of rotatable bonds is 4. The molecule has 1 saturated heterocycles. The van der Waals surface area contributed by atoms with E-state index < -0.39 is 10.0 Å². The van der Waals surface area contributed by atoms with Crippen molar-refractivity contribution in [3.05, 3.63) is 63.1 Å². The molecule has 1 atom stereocenters. The number of halogens is 1. The first-order chi connectivity index (χ1) is 13.1. The summed E-state index contributed by atoms with van der Waals surface area (Å²) in [7, 11) is -0.690. The normalized spacial score (nSPS) is 17.4. The third kappa shape index (κ3) is 3.88. The first-order valence-corrected chi connectivity index (χ1v) is 11.5. The summed E-state index contributed by atoms with van der Waals surface area (Å²) < 4.78 is 26.7. The molecule has 28 heavy (non-hydrogen) atoms. The van der Waals surface area contributed by atoms with Gasteiger partial charge in [0.2, 0.25) is 10.0 Å². The highest BCUT2D eigenvalue weighted by atomic mass is 79.9. The van der Waals surface area contributed by atoms with Gasteiger partial charge in [-0.2, -0.15) is 0 Å². The van der Waals surface area contributed by atoms with Gasteiger partial charge in [-0.15, -0.1) is 0 Å². The maximum atomic E-state index is 13.2. The van der Waals surface area contributed by atoms with Crippen LogP contribution in [0.4, 0.5) is 0 Å². The number of carbonyl (C=O) groups excluding carboxylic acids is 1. The van der Waals surface area contributed by atoms with Crippen LogP contribution in [0, 0.1) is 13.8 Å². The molecule has 1 aliphatic rings. The maximum absolute atomic E-state index is 13.2. The van der Waals surface area contributed by atoms with Gasteiger partial charge in [0, 0.05) is 30.7 Å². The second-order valence-corrected chi connectivity index (χ2v) is 10.4. The lowest BCUT2D eigenvalue weighted by Crippen LogP contribution is -2.31. The predicted molar refractivity (Wildman–Crippen MR) is 114 cm³/mol. The van der Waals surface area contributed by atoms with Crippen LogP contribution in [0.2, 0.25) is 0 Å². The molecule has 2 aromatic carbocycles. The zero-order valence-corrected chi connectivity index (χ0v) is 19.0. The first kappa shape index (κ1) is 21.0. The van der Waals surface area contributed by atoms with Gasteiger partial charge in [0.15, 0.2) is 0 Å². The molecule has 0 N–H and O–H groups in total. The van der Waals surface area contributed by atoms with Crippen molar-refractivity contribution in [3.63, 3.8) is 0 Å². The van der Waals surface area contributed by atoms with Crippen LogP contribution in [-0.4, -0.2) is 44.2 Å². The first-order valence-electron chi connectivity index (χ1n) is 9.23. The Morgan fingerprint density at radius 2 is 1.82 bits per heavy atom. The molecule has 1 amide bonds. The topological polar surface area (TPSA) is 57.7 Å². The quantitative estimate of drug-likeness (QED) is 0.677. The lowest BCUT2D eigenvalue weighted by atomic mass is 9.99. The summed E-state index contributed by atoms with van der Waals surface area (Å²) >= 11 is 3.30. The summed E-state index contributed by atoms with van der Waals surface area (Å²) in [6, 6.07) is 11.1. The van der Waals surface area contributed by atoms with Crippen molar-refractivity contribution >= 4 is 31.9 Å². The molecule has 0 radical (unpaired) electrons. The van der Waals surface area contributed by atoms with E-state index in [4.69, 9.17) is 0 Å². The zero-order chi connectivity index (χ0) is 20.6. The standard InChI is InChI=1S/C21H25BrN2O3S/c1-14-7-8-16(12-15(14)2)19-6-5-11-24(19)21(25)17-9-10-18(22)20(13-17)28(26,27)23(3)4/h7-10,12-13,19H,5-6,11H2,1-4H3. The van der Waals surface area contributed by atoms with Gasteiger partial charge in [0.25, 0.3) is 5.91 Å². The van der Waals surface area contributed by atoms with Crippen molar-refractivity contribution in [1.29, 1.82) is 0 Å². The molecule has 1 fully saturated rings. The molecule has 0 aromatic heterocycles. The van der Waals surface area contributed by atoms with Crippen LogP contribution in [0.1, 0.15) is 45.9 Å². The van der Waals surface area contributed by atoms with Gasteiger partial charge in [0.05, 0.1) is 10.9 Å². The Bertz CT molecular complexity index is 1020. The number of benzene rings is 2. The van der Waals surface area contributed by atoms with E-state index in [1.165, 1.54) is 31.3 Å². The Labute approximate surface area is 175 Å². The Kier molecular flexibility index (Phi) is 5.98. The third-order valence-corrected chi connectivity index (χ3v) is 8.18. The average Bonchev–Trinajstić information content (AvgIpc) is 3.13. The molecule has 2 aromatic rings.